The van der Waals surface area contributed by atoms with E-state index in [4.69, 9.17) is 5.11 Å². The summed E-state index contributed by atoms with van der Waals surface area (Å²) in [6.07, 6.45) is 2.90. The van der Waals surface area contributed by atoms with Gasteiger partial charge in [-0.05, 0) is 39.3 Å². The highest BCUT2D eigenvalue weighted by Gasteiger charge is 2.27. The van der Waals surface area contributed by atoms with Crippen molar-refractivity contribution in [1.82, 2.24) is 14.7 Å². The standard InChI is InChI=1S/C15H29N3O3/c1-4-7-17(10-9-16(2)3)15(21)18-8-5-6-13(12-18)11-14(19)20/h13H,4-12H2,1-3H3,(H,19,20). The first-order chi connectivity index (χ1) is 9.93. The van der Waals surface area contributed by atoms with E-state index in [0.29, 0.717) is 6.54 Å². The van der Waals surface area contributed by atoms with Gasteiger partial charge in [0.05, 0.1) is 0 Å². The Morgan fingerprint density at radius 2 is 1.95 bits per heavy atom. The number of rotatable bonds is 7. The average molecular weight is 299 g/mol. The molecule has 6 heteroatoms. The van der Waals surface area contributed by atoms with E-state index in [9.17, 15) is 9.59 Å². The topological polar surface area (TPSA) is 64.1 Å². The van der Waals surface area contributed by atoms with E-state index < -0.39 is 5.97 Å². The second-order valence-electron chi connectivity index (χ2n) is 6.13. The van der Waals surface area contributed by atoms with Gasteiger partial charge in [0.15, 0.2) is 0 Å². The molecule has 21 heavy (non-hydrogen) atoms. The van der Waals surface area contributed by atoms with Gasteiger partial charge >= 0.3 is 12.0 Å². The highest BCUT2D eigenvalue weighted by atomic mass is 16.4. The Balaban J connectivity index is 2.57. The Hall–Kier alpha value is -1.30. The van der Waals surface area contributed by atoms with Crippen molar-refractivity contribution in [3.05, 3.63) is 0 Å². The Morgan fingerprint density at radius 1 is 1.24 bits per heavy atom. The van der Waals surface area contributed by atoms with E-state index in [1.54, 1.807) is 0 Å². The molecule has 0 bridgehead atoms. The summed E-state index contributed by atoms with van der Waals surface area (Å²) in [7, 11) is 4.00. The van der Waals surface area contributed by atoms with E-state index in [0.717, 1.165) is 45.4 Å². The molecule has 1 saturated heterocycles. The van der Waals surface area contributed by atoms with Crippen molar-refractivity contribution in [2.75, 3.05) is 46.8 Å². The largest absolute Gasteiger partial charge is 0.481 e. The molecular formula is C15H29N3O3. The molecule has 0 radical (unpaired) electrons. The number of carboxylic acids is 1. The second kappa shape index (κ2) is 8.87. The maximum atomic E-state index is 12.6. The van der Waals surface area contributed by atoms with Gasteiger partial charge < -0.3 is 19.8 Å². The number of aliphatic carboxylic acids is 1. The molecule has 1 heterocycles. The van der Waals surface area contributed by atoms with Crippen LogP contribution >= 0.6 is 0 Å². The number of piperidine rings is 1. The number of hydrogen-bond acceptors (Lipinski definition) is 3. The molecule has 1 rings (SSSR count). The quantitative estimate of drug-likeness (QED) is 0.775. The first kappa shape index (κ1) is 17.8. The number of likely N-dealkylation sites (N-methyl/N-ethyl adjacent to an activating group) is 1. The van der Waals surface area contributed by atoms with Crippen LogP contribution < -0.4 is 0 Å². The van der Waals surface area contributed by atoms with Gasteiger partial charge in [-0.3, -0.25) is 4.79 Å². The van der Waals surface area contributed by atoms with Crippen LogP contribution in [-0.2, 0) is 4.79 Å². The van der Waals surface area contributed by atoms with Crippen LogP contribution in [0.5, 0.6) is 0 Å². The summed E-state index contributed by atoms with van der Waals surface area (Å²) < 4.78 is 0. The Kier molecular flexibility index (Phi) is 7.50. The second-order valence-corrected chi connectivity index (χ2v) is 6.13. The Morgan fingerprint density at radius 3 is 2.52 bits per heavy atom. The van der Waals surface area contributed by atoms with E-state index in [1.165, 1.54) is 0 Å². The molecule has 122 valence electrons. The minimum Gasteiger partial charge on any atom is -0.481 e. The van der Waals surface area contributed by atoms with Gasteiger partial charge in [-0.1, -0.05) is 6.92 Å². The first-order valence-electron chi connectivity index (χ1n) is 7.84. The molecule has 0 spiro atoms. The lowest BCUT2D eigenvalue weighted by Gasteiger charge is -2.36. The summed E-state index contributed by atoms with van der Waals surface area (Å²) in [4.78, 5) is 29.3. The predicted octanol–water partition coefficient (Wildman–Crippen LogP) is 1.57. The van der Waals surface area contributed by atoms with E-state index in [2.05, 4.69) is 11.8 Å². The van der Waals surface area contributed by atoms with Crippen LogP contribution in [0.15, 0.2) is 0 Å². The smallest absolute Gasteiger partial charge is 0.320 e. The number of carbonyl (C=O) groups is 2. The molecule has 0 saturated carbocycles. The lowest BCUT2D eigenvalue weighted by atomic mass is 9.95. The van der Waals surface area contributed by atoms with Gasteiger partial charge in [0.2, 0.25) is 0 Å². The monoisotopic (exact) mass is 299 g/mol. The van der Waals surface area contributed by atoms with Gasteiger partial charge in [0.25, 0.3) is 0 Å². The van der Waals surface area contributed by atoms with Crippen LogP contribution in [0.25, 0.3) is 0 Å². The Labute approximate surface area is 127 Å². The molecule has 0 aromatic carbocycles. The molecule has 1 aliphatic heterocycles. The number of urea groups is 1. The normalized spacial score (nSPS) is 18.9. The summed E-state index contributed by atoms with van der Waals surface area (Å²) in [6, 6.07) is 0.0637. The van der Waals surface area contributed by atoms with Crippen molar-refractivity contribution < 1.29 is 14.7 Å². The number of likely N-dealkylation sites (tertiary alicyclic amines) is 1. The van der Waals surface area contributed by atoms with Gasteiger partial charge in [-0.2, -0.15) is 0 Å². The number of amides is 2. The number of carbonyl (C=O) groups excluding carboxylic acids is 1. The fourth-order valence-corrected chi connectivity index (χ4v) is 2.75. The van der Waals surface area contributed by atoms with Gasteiger partial charge in [-0.15, -0.1) is 0 Å². The first-order valence-corrected chi connectivity index (χ1v) is 7.84. The van der Waals surface area contributed by atoms with Crippen molar-refractivity contribution in [3.8, 4) is 0 Å². The van der Waals surface area contributed by atoms with Crippen molar-refractivity contribution >= 4 is 12.0 Å². The number of nitrogens with zero attached hydrogens (tertiary/aromatic N) is 3. The predicted molar refractivity (Wildman–Crippen MR) is 82.4 cm³/mol. The molecule has 0 aromatic rings. The summed E-state index contributed by atoms with van der Waals surface area (Å²) in [5, 5.41) is 8.91. The minimum atomic E-state index is -0.771. The van der Waals surface area contributed by atoms with Gasteiger partial charge in [0.1, 0.15) is 0 Å². The molecule has 0 aliphatic carbocycles. The molecular weight excluding hydrogens is 270 g/mol. The molecule has 0 aromatic heterocycles. The zero-order valence-electron chi connectivity index (χ0n) is 13.5. The minimum absolute atomic E-state index is 0.0637. The third kappa shape index (κ3) is 6.33. The fourth-order valence-electron chi connectivity index (χ4n) is 2.75. The van der Waals surface area contributed by atoms with Crippen LogP contribution in [-0.4, -0.2) is 78.6 Å². The van der Waals surface area contributed by atoms with Crippen LogP contribution in [0.1, 0.15) is 32.6 Å². The van der Waals surface area contributed by atoms with E-state index in [1.807, 2.05) is 23.9 Å². The summed E-state index contributed by atoms with van der Waals surface area (Å²) in [5.41, 5.74) is 0. The number of carboxylic acid groups (broad SMARTS) is 1. The van der Waals surface area contributed by atoms with Crippen molar-refractivity contribution in [1.29, 1.82) is 0 Å². The van der Waals surface area contributed by atoms with Crippen LogP contribution in [0.2, 0.25) is 0 Å². The molecule has 1 aliphatic rings. The van der Waals surface area contributed by atoms with Gasteiger partial charge in [0, 0.05) is 39.1 Å². The lowest BCUT2D eigenvalue weighted by Crippen LogP contribution is -2.49. The summed E-state index contributed by atoms with van der Waals surface area (Å²) in [5.74, 6) is -0.676. The van der Waals surface area contributed by atoms with Crippen LogP contribution in [0.3, 0.4) is 0 Å². The molecule has 2 amide bonds. The number of hydrogen-bond donors (Lipinski definition) is 1. The zero-order chi connectivity index (χ0) is 15.8. The molecule has 1 N–H and O–H groups in total. The maximum absolute atomic E-state index is 12.6. The van der Waals surface area contributed by atoms with Crippen LogP contribution in [0, 0.1) is 5.92 Å². The molecule has 1 atom stereocenters. The van der Waals surface area contributed by atoms with Crippen molar-refractivity contribution in [2.24, 2.45) is 5.92 Å². The highest BCUT2D eigenvalue weighted by Crippen LogP contribution is 2.20. The highest BCUT2D eigenvalue weighted by molar-refractivity contribution is 5.74. The summed E-state index contributed by atoms with van der Waals surface area (Å²) in [6.45, 7) is 5.72. The van der Waals surface area contributed by atoms with E-state index >= 15 is 0 Å². The third-order valence-electron chi connectivity index (χ3n) is 3.83. The molecule has 6 nitrogen and oxygen atoms in total. The Bertz CT molecular complexity index is 347. The SMILES string of the molecule is CCCN(CCN(C)C)C(=O)N1CCCC(CC(=O)O)C1. The fraction of sp³-hybridized carbons (Fsp3) is 0.867. The maximum Gasteiger partial charge on any atom is 0.320 e. The molecule has 1 fully saturated rings. The summed E-state index contributed by atoms with van der Waals surface area (Å²) >= 11 is 0. The van der Waals surface area contributed by atoms with E-state index in [-0.39, 0.29) is 18.4 Å². The zero-order valence-corrected chi connectivity index (χ0v) is 13.5. The molecule has 1 unspecified atom stereocenters. The lowest BCUT2D eigenvalue weighted by molar-refractivity contribution is -0.138. The van der Waals surface area contributed by atoms with Crippen LogP contribution in [0.4, 0.5) is 4.79 Å². The average Bonchev–Trinajstić information content (AvgIpc) is 2.42. The van der Waals surface area contributed by atoms with Crippen molar-refractivity contribution in [2.45, 2.75) is 32.6 Å². The van der Waals surface area contributed by atoms with Crippen molar-refractivity contribution in [3.63, 3.8) is 0 Å². The van der Waals surface area contributed by atoms with Gasteiger partial charge in [-0.25, -0.2) is 4.79 Å². The third-order valence-corrected chi connectivity index (χ3v) is 3.83.